The molecule has 0 saturated carbocycles. The van der Waals surface area contributed by atoms with Crippen molar-refractivity contribution in [3.63, 3.8) is 0 Å². The first-order valence-corrected chi connectivity index (χ1v) is 10.5. The van der Waals surface area contributed by atoms with E-state index in [4.69, 9.17) is 4.74 Å². The van der Waals surface area contributed by atoms with Crippen LogP contribution in [0.2, 0.25) is 0 Å². The van der Waals surface area contributed by atoms with Crippen molar-refractivity contribution in [2.24, 2.45) is 0 Å². The fraction of sp³-hybridized carbons (Fsp3) is 0.500. The third-order valence-electron chi connectivity index (χ3n) is 5.25. The first-order valence-electron chi connectivity index (χ1n) is 10.5. The minimum absolute atomic E-state index is 0.0115. The molecular formula is C26H36O3. The fourth-order valence-corrected chi connectivity index (χ4v) is 3.40. The van der Waals surface area contributed by atoms with E-state index < -0.39 is 0 Å². The quantitative estimate of drug-likeness (QED) is 0.444. The largest absolute Gasteiger partial charge is 0.508 e. The molecule has 1 N–H and O–H groups in total. The van der Waals surface area contributed by atoms with Crippen molar-refractivity contribution in [1.82, 2.24) is 0 Å². The van der Waals surface area contributed by atoms with Crippen LogP contribution < -0.4 is 4.74 Å². The van der Waals surface area contributed by atoms with Crippen molar-refractivity contribution in [2.75, 3.05) is 0 Å². The average molecular weight is 397 g/mol. The van der Waals surface area contributed by atoms with E-state index in [2.05, 4.69) is 60.6 Å². The number of unbranched alkanes of at least 4 members (excludes halogenated alkanes) is 1. The molecule has 0 saturated heterocycles. The van der Waals surface area contributed by atoms with Gasteiger partial charge < -0.3 is 9.84 Å². The van der Waals surface area contributed by atoms with Gasteiger partial charge in [0.2, 0.25) is 0 Å². The zero-order chi connectivity index (χ0) is 22.0. The maximum atomic E-state index is 13.1. The number of carbonyl (C=O) groups excluding carboxylic acids is 1. The number of benzene rings is 2. The van der Waals surface area contributed by atoms with E-state index in [-0.39, 0.29) is 22.5 Å². The molecule has 0 spiro atoms. The number of phenols is 1. The van der Waals surface area contributed by atoms with Gasteiger partial charge in [0.25, 0.3) is 0 Å². The molecule has 0 radical (unpaired) electrons. The standard InChI is InChI=1S/C26H36O3/c1-9-10-11-18-15-20(27)12-13-21(18)24(28)29-23-17(2)14-19(25(3,4)5)16-22(23)26(6,7)8/h12-16,27H,9-11H2,1-8H3. The first kappa shape index (κ1) is 23.0. The molecule has 0 aliphatic carbocycles. The van der Waals surface area contributed by atoms with Crippen LogP contribution in [0.25, 0.3) is 0 Å². The van der Waals surface area contributed by atoms with Crippen LogP contribution in [0.5, 0.6) is 11.5 Å². The topological polar surface area (TPSA) is 46.5 Å². The number of phenolic OH excluding ortho intramolecular Hbond substituents is 1. The highest BCUT2D eigenvalue weighted by Gasteiger charge is 2.27. The van der Waals surface area contributed by atoms with Crippen LogP contribution in [0.4, 0.5) is 0 Å². The van der Waals surface area contributed by atoms with Crippen LogP contribution in [0.1, 0.15) is 93.9 Å². The number of aryl methyl sites for hydroxylation is 2. The number of rotatable bonds is 5. The van der Waals surface area contributed by atoms with Crippen molar-refractivity contribution in [2.45, 2.75) is 85.5 Å². The Labute approximate surface area is 176 Å². The van der Waals surface area contributed by atoms with E-state index in [1.165, 1.54) is 5.56 Å². The summed E-state index contributed by atoms with van der Waals surface area (Å²) in [7, 11) is 0. The molecule has 2 rings (SSSR count). The lowest BCUT2D eigenvalue weighted by Gasteiger charge is -2.28. The van der Waals surface area contributed by atoms with Crippen LogP contribution in [-0.4, -0.2) is 11.1 Å². The minimum atomic E-state index is -0.367. The summed E-state index contributed by atoms with van der Waals surface area (Å²) in [5.74, 6) is 0.451. The molecule has 0 aliphatic heterocycles. The normalized spacial score (nSPS) is 12.1. The zero-order valence-electron chi connectivity index (χ0n) is 19.3. The Morgan fingerprint density at radius 1 is 1.00 bits per heavy atom. The summed E-state index contributed by atoms with van der Waals surface area (Å²) in [6, 6.07) is 9.17. The summed E-state index contributed by atoms with van der Waals surface area (Å²) in [6.45, 7) is 17.1. The van der Waals surface area contributed by atoms with E-state index in [9.17, 15) is 9.90 Å². The minimum Gasteiger partial charge on any atom is -0.508 e. The van der Waals surface area contributed by atoms with Gasteiger partial charge in [0.1, 0.15) is 11.5 Å². The van der Waals surface area contributed by atoms with Gasteiger partial charge in [-0.1, -0.05) is 67.0 Å². The Bertz CT molecular complexity index is 880. The predicted molar refractivity (Wildman–Crippen MR) is 120 cm³/mol. The summed E-state index contributed by atoms with van der Waals surface area (Å²) >= 11 is 0. The maximum Gasteiger partial charge on any atom is 0.343 e. The maximum absolute atomic E-state index is 13.1. The molecule has 0 bridgehead atoms. The lowest BCUT2D eigenvalue weighted by Crippen LogP contribution is -2.21. The molecular weight excluding hydrogens is 360 g/mol. The average Bonchev–Trinajstić information content (AvgIpc) is 2.59. The molecule has 0 unspecified atom stereocenters. The molecule has 0 fully saturated rings. The Hall–Kier alpha value is -2.29. The smallest absolute Gasteiger partial charge is 0.343 e. The molecule has 2 aromatic rings. The second kappa shape index (κ2) is 8.61. The Balaban J connectivity index is 2.50. The van der Waals surface area contributed by atoms with Crippen molar-refractivity contribution < 1.29 is 14.6 Å². The van der Waals surface area contributed by atoms with Gasteiger partial charge in [-0.2, -0.15) is 0 Å². The molecule has 0 atom stereocenters. The lowest BCUT2D eigenvalue weighted by atomic mass is 9.79. The van der Waals surface area contributed by atoms with Crippen molar-refractivity contribution in [1.29, 1.82) is 0 Å². The Morgan fingerprint density at radius 2 is 1.66 bits per heavy atom. The number of hydrogen-bond acceptors (Lipinski definition) is 3. The Morgan fingerprint density at radius 3 is 2.21 bits per heavy atom. The van der Waals surface area contributed by atoms with Crippen LogP contribution in [0.3, 0.4) is 0 Å². The van der Waals surface area contributed by atoms with Gasteiger partial charge in [-0.15, -0.1) is 0 Å². The second-order valence-electron chi connectivity index (χ2n) is 10.0. The molecule has 2 aromatic carbocycles. The van der Waals surface area contributed by atoms with Crippen LogP contribution in [0.15, 0.2) is 30.3 Å². The summed E-state index contributed by atoms with van der Waals surface area (Å²) in [4.78, 5) is 13.1. The van der Waals surface area contributed by atoms with E-state index >= 15 is 0 Å². The van der Waals surface area contributed by atoms with Crippen LogP contribution in [0, 0.1) is 6.92 Å². The van der Waals surface area contributed by atoms with Crippen molar-refractivity contribution in [3.05, 3.63) is 58.1 Å². The summed E-state index contributed by atoms with van der Waals surface area (Å²) in [5.41, 5.74) is 4.43. The van der Waals surface area contributed by atoms with Gasteiger partial charge >= 0.3 is 5.97 Å². The number of hydrogen-bond donors (Lipinski definition) is 1. The van der Waals surface area contributed by atoms with Gasteiger partial charge in [-0.05, 0) is 65.5 Å². The van der Waals surface area contributed by atoms with Crippen LogP contribution in [-0.2, 0) is 17.3 Å². The molecule has 29 heavy (non-hydrogen) atoms. The highest BCUT2D eigenvalue weighted by molar-refractivity contribution is 5.93. The SMILES string of the molecule is CCCCc1cc(O)ccc1C(=O)Oc1c(C)cc(C(C)(C)C)cc1C(C)(C)C. The second-order valence-corrected chi connectivity index (χ2v) is 10.0. The number of aromatic hydroxyl groups is 1. The molecule has 158 valence electrons. The third-order valence-corrected chi connectivity index (χ3v) is 5.25. The number of carbonyl (C=O) groups is 1. The van der Waals surface area contributed by atoms with Crippen LogP contribution >= 0.6 is 0 Å². The lowest BCUT2D eigenvalue weighted by molar-refractivity contribution is 0.0729. The third kappa shape index (κ3) is 5.62. The van der Waals surface area contributed by atoms with E-state index in [0.29, 0.717) is 11.3 Å². The molecule has 0 aromatic heterocycles. The van der Waals surface area contributed by atoms with Gasteiger partial charge in [-0.3, -0.25) is 0 Å². The zero-order valence-corrected chi connectivity index (χ0v) is 19.3. The highest BCUT2D eigenvalue weighted by atomic mass is 16.5. The molecule has 0 heterocycles. The van der Waals surface area contributed by atoms with E-state index in [1.807, 2.05) is 6.92 Å². The van der Waals surface area contributed by atoms with Gasteiger partial charge in [0, 0.05) is 5.56 Å². The van der Waals surface area contributed by atoms with Crippen molar-refractivity contribution in [3.8, 4) is 11.5 Å². The molecule has 0 aliphatic rings. The monoisotopic (exact) mass is 396 g/mol. The fourth-order valence-electron chi connectivity index (χ4n) is 3.40. The highest BCUT2D eigenvalue weighted by Crippen LogP contribution is 2.38. The van der Waals surface area contributed by atoms with E-state index in [0.717, 1.165) is 36.0 Å². The van der Waals surface area contributed by atoms with Gasteiger partial charge in [0.15, 0.2) is 0 Å². The summed E-state index contributed by atoms with van der Waals surface area (Å²) < 4.78 is 6.00. The summed E-state index contributed by atoms with van der Waals surface area (Å²) in [6.07, 6.45) is 2.71. The molecule has 0 amide bonds. The van der Waals surface area contributed by atoms with Gasteiger partial charge in [-0.25, -0.2) is 4.79 Å². The van der Waals surface area contributed by atoms with Gasteiger partial charge in [0.05, 0.1) is 5.56 Å². The number of ether oxygens (including phenoxy) is 1. The number of esters is 1. The van der Waals surface area contributed by atoms with E-state index in [1.54, 1.807) is 18.2 Å². The molecule has 3 nitrogen and oxygen atoms in total. The Kier molecular flexibility index (Phi) is 6.82. The predicted octanol–water partition coefficient (Wildman–Crippen LogP) is 6.86. The summed E-state index contributed by atoms with van der Waals surface area (Å²) in [5, 5.41) is 9.86. The van der Waals surface area contributed by atoms with Crippen molar-refractivity contribution >= 4 is 5.97 Å². The first-order chi connectivity index (χ1) is 13.3. The molecule has 3 heteroatoms.